The van der Waals surface area contributed by atoms with Crippen LogP contribution in [-0.2, 0) is 4.79 Å². The summed E-state index contributed by atoms with van der Waals surface area (Å²) < 4.78 is 0. The van der Waals surface area contributed by atoms with E-state index in [4.69, 9.17) is 5.11 Å². The number of carboxylic acids is 1. The molecule has 1 saturated carbocycles. The number of amides is 2. The monoisotopic (exact) mass is 242 g/mol. The van der Waals surface area contributed by atoms with Crippen molar-refractivity contribution >= 4 is 12.0 Å². The van der Waals surface area contributed by atoms with Crippen LogP contribution in [0.25, 0.3) is 0 Å². The molecule has 1 aliphatic rings. The van der Waals surface area contributed by atoms with E-state index in [1.807, 2.05) is 27.7 Å². The van der Waals surface area contributed by atoms with E-state index in [1.54, 1.807) is 0 Å². The van der Waals surface area contributed by atoms with Gasteiger partial charge in [-0.05, 0) is 31.6 Å². The van der Waals surface area contributed by atoms with Crippen LogP contribution in [0.1, 0.15) is 47.0 Å². The van der Waals surface area contributed by atoms with Crippen LogP contribution < -0.4 is 10.6 Å². The second-order valence-electron chi connectivity index (χ2n) is 5.93. The molecule has 5 heteroatoms. The first kappa shape index (κ1) is 13.8. The Hall–Kier alpha value is -1.26. The molecule has 0 saturated heterocycles. The van der Waals surface area contributed by atoms with Crippen molar-refractivity contribution in [2.45, 2.75) is 58.5 Å². The standard InChI is InChI=1S/C12H22N2O3/c1-8(11(2,3)4)13-10(17)14-12(9(15)16)6-5-7-12/h8H,5-7H2,1-4H3,(H,15,16)(H2,13,14,17). The van der Waals surface area contributed by atoms with Crippen molar-refractivity contribution in [1.29, 1.82) is 0 Å². The predicted molar refractivity (Wildman–Crippen MR) is 64.8 cm³/mol. The van der Waals surface area contributed by atoms with Gasteiger partial charge in [0.05, 0.1) is 0 Å². The average molecular weight is 242 g/mol. The van der Waals surface area contributed by atoms with Gasteiger partial charge in [0.25, 0.3) is 0 Å². The van der Waals surface area contributed by atoms with Crippen LogP contribution >= 0.6 is 0 Å². The number of nitrogens with one attached hydrogen (secondary N) is 2. The van der Waals surface area contributed by atoms with E-state index in [2.05, 4.69) is 10.6 Å². The highest BCUT2D eigenvalue weighted by Gasteiger charge is 2.45. The molecular weight excluding hydrogens is 220 g/mol. The number of hydrogen-bond acceptors (Lipinski definition) is 2. The normalized spacial score (nSPS) is 20.0. The lowest BCUT2D eigenvalue weighted by Crippen LogP contribution is -2.62. The quantitative estimate of drug-likeness (QED) is 0.705. The summed E-state index contributed by atoms with van der Waals surface area (Å²) in [5.74, 6) is -0.942. The summed E-state index contributed by atoms with van der Waals surface area (Å²) in [5.41, 5.74) is -1.09. The molecule has 1 atom stereocenters. The molecule has 0 aromatic carbocycles. The summed E-state index contributed by atoms with van der Waals surface area (Å²) in [6, 6.07) is -0.414. The first-order valence-corrected chi connectivity index (χ1v) is 5.99. The van der Waals surface area contributed by atoms with Gasteiger partial charge in [0.1, 0.15) is 5.54 Å². The minimum Gasteiger partial charge on any atom is -0.480 e. The molecular formula is C12H22N2O3. The van der Waals surface area contributed by atoms with Crippen LogP contribution in [0.15, 0.2) is 0 Å². The molecule has 98 valence electrons. The highest BCUT2D eigenvalue weighted by atomic mass is 16.4. The zero-order valence-electron chi connectivity index (χ0n) is 11.0. The fourth-order valence-corrected chi connectivity index (χ4v) is 1.59. The zero-order valence-corrected chi connectivity index (χ0v) is 11.0. The minimum atomic E-state index is -1.04. The third-order valence-electron chi connectivity index (χ3n) is 3.62. The molecule has 0 spiro atoms. The Labute approximate surface area is 102 Å². The Morgan fingerprint density at radius 3 is 2.12 bits per heavy atom. The average Bonchev–Trinajstić information content (AvgIpc) is 2.08. The molecule has 3 N–H and O–H groups in total. The second-order valence-corrected chi connectivity index (χ2v) is 5.93. The van der Waals surface area contributed by atoms with Crippen molar-refractivity contribution in [1.82, 2.24) is 10.6 Å². The summed E-state index contributed by atoms with van der Waals surface area (Å²) >= 11 is 0. The summed E-state index contributed by atoms with van der Waals surface area (Å²) in [7, 11) is 0. The maximum absolute atomic E-state index is 11.7. The van der Waals surface area contributed by atoms with Crippen LogP contribution in [0.3, 0.4) is 0 Å². The van der Waals surface area contributed by atoms with E-state index >= 15 is 0 Å². The number of carbonyl (C=O) groups excluding carboxylic acids is 1. The Balaban J connectivity index is 2.53. The molecule has 0 radical (unpaired) electrons. The maximum Gasteiger partial charge on any atom is 0.329 e. The molecule has 0 aliphatic heterocycles. The zero-order chi connectivity index (χ0) is 13.3. The molecule has 0 bridgehead atoms. The SMILES string of the molecule is CC(NC(=O)NC1(C(=O)O)CCC1)C(C)(C)C. The van der Waals surface area contributed by atoms with Crippen molar-refractivity contribution in [2.24, 2.45) is 5.41 Å². The topological polar surface area (TPSA) is 78.4 Å². The Kier molecular flexibility index (Phi) is 3.69. The van der Waals surface area contributed by atoms with Crippen molar-refractivity contribution in [3.63, 3.8) is 0 Å². The molecule has 0 aromatic heterocycles. The van der Waals surface area contributed by atoms with Crippen molar-refractivity contribution in [3.8, 4) is 0 Å². The minimum absolute atomic E-state index is 0.0200. The largest absolute Gasteiger partial charge is 0.480 e. The summed E-state index contributed by atoms with van der Waals surface area (Å²) in [6.07, 6.45) is 1.88. The number of hydrogen-bond donors (Lipinski definition) is 3. The molecule has 1 rings (SSSR count). The smallest absolute Gasteiger partial charge is 0.329 e. The summed E-state index contributed by atoms with van der Waals surface area (Å²) in [6.45, 7) is 7.98. The third-order valence-corrected chi connectivity index (χ3v) is 3.62. The van der Waals surface area contributed by atoms with E-state index in [9.17, 15) is 9.59 Å². The lowest BCUT2D eigenvalue weighted by atomic mass is 9.77. The van der Waals surface area contributed by atoms with E-state index in [0.29, 0.717) is 12.8 Å². The van der Waals surface area contributed by atoms with Gasteiger partial charge in [-0.2, -0.15) is 0 Å². The van der Waals surface area contributed by atoms with E-state index in [1.165, 1.54) is 0 Å². The number of carboxylic acid groups (broad SMARTS) is 1. The van der Waals surface area contributed by atoms with Crippen LogP contribution in [0, 0.1) is 5.41 Å². The first-order valence-electron chi connectivity index (χ1n) is 5.99. The van der Waals surface area contributed by atoms with E-state index in [-0.39, 0.29) is 11.5 Å². The molecule has 1 fully saturated rings. The van der Waals surface area contributed by atoms with Crippen molar-refractivity contribution in [3.05, 3.63) is 0 Å². The third kappa shape index (κ3) is 3.11. The van der Waals surface area contributed by atoms with Gasteiger partial charge < -0.3 is 15.7 Å². The Bertz CT molecular complexity index is 316. The number of carbonyl (C=O) groups is 2. The lowest BCUT2D eigenvalue weighted by molar-refractivity contribution is -0.148. The Morgan fingerprint density at radius 2 is 1.82 bits per heavy atom. The van der Waals surface area contributed by atoms with Crippen LogP contribution in [0.5, 0.6) is 0 Å². The molecule has 0 heterocycles. The van der Waals surface area contributed by atoms with Gasteiger partial charge in [0.2, 0.25) is 0 Å². The van der Waals surface area contributed by atoms with Gasteiger partial charge in [-0.3, -0.25) is 0 Å². The van der Waals surface area contributed by atoms with Crippen molar-refractivity contribution in [2.75, 3.05) is 0 Å². The maximum atomic E-state index is 11.7. The van der Waals surface area contributed by atoms with E-state index in [0.717, 1.165) is 6.42 Å². The lowest BCUT2D eigenvalue weighted by Gasteiger charge is -2.39. The van der Waals surface area contributed by atoms with Gasteiger partial charge in [-0.1, -0.05) is 20.8 Å². The van der Waals surface area contributed by atoms with Crippen LogP contribution in [0.2, 0.25) is 0 Å². The van der Waals surface area contributed by atoms with Crippen molar-refractivity contribution < 1.29 is 14.7 Å². The number of aliphatic carboxylic acids is 1. The summed E-state index contributed by atoms with van der Waals surface area (Å²) in [4.78, 5) is 22.8. The fourth-order valence-electron chi connectivity index (χ4n) is 1.59. The highest BCUT2D eigenvalue weighted by Crippen LogP contribution is 2.32. The molecule has 5 nitrogen and oxygen atoms in total. The molecule has 0 aromatic rings. The van der Waals surface area contributed by atoms with Gasteiger partial charge in [0.15, 0.2) is 0 Å². The van der Waals surface area contributed by atoms with Gasteiger partial charge >= 0.3 is 12.0 Å². The number of urea groups is 1. The Morgan fingerprint density at radius 1 is 1.29 bits per heavy atom. The molecule has 2 amide bonds. The van der Waals surface area contributed by atoms with E-state index < -0.39 is 17.5 Å². The molecule has 1 aliphatic carbocycles. The predicted octanol–water partition coefficient (Wildman–Crippen LogP) is 1.73. The van der Waals surface area contributed by atoms with Gasteiger partial charge in [-0.15, -0.1) is 0 Å². The highest BCUT2D eigenvalue weighted by molar-refractivity contribution is 5.87. The van der Waals surface area contributed by atoms with Crippen LogP contribution in [0.4, 0.5) is 4.79 Å². The second kappa shape index (κ2) is 4.55. The first-order chi connectivity index (χ1) is 7.67. The van der Waals surface area contributed by atoms with Gasteiger partial charge in [-0.25, -0.2) is 9.59 Å². The van der Waals surface area contributed by atoms with Crippen LogP contribution in [-0.4, -0.2) is 28.7 Å². The molecule has 1 unspecified atom stereocenters. The fraction of sp³-hybridized carbons (Fsp3) is 0.833. The molecule has 17 heavy (non-hydrogen) atoms. The number of rotatable bonds is 3. The summed E-state index contributed by atoms with van der Waals surface area (Å²) in [5, 5.41) is 14.5. The van der Waals surface area contributed by atoms with Gasteiger partial charge in [0, 0.05) is 6.04 Å².